The van der Waals surface area contributed by atoms with Crippen molar-refractivity contribution in [2.75, 3.05) is 5.43 Å². The number of aromatic nitrogens is 3. The average molecular weight is 309 g/mol. The number of hydrazine groups is 1. The topological polar surface area (TPSA) is 79.8 Å². The molecule has 3 aromatic rings. The lowest BCUT2D eigenvalue weighted by molar-refractivity contribution is 0.0957. The minimum Gasteiger partial charge on any atom is -0.297 e. The van der Waals surface area contributed by atoms with Crippen molar-refractivity contribution >= 4 is 11.6 Å². The predicted octanol–water partition coefficient (Wildman–Crippen LogP) is 2.43. The first-order chi connectivity index (χ1) is 11.2. The molecular formula is C16H12FN5O. The van der Waals surface area contributed by atoms with Gasteiger partial charge in [0.2, 0.25) is 5.95 Å². The van der Waals surface area contributed by atoms with E-state index in [1.165, 1.54) is 24.7 Å². The van der Waals surface area contributed by atoms with Gasteiger partial charge in [-0.05, 0) is 18.2 Å². The van der Waals surface area contributed by atoms with E-state index in [4.69, 9.17) is 0 Å². The zero-order chi connectivity index (χ0) is 16.1. The second-order valence-electron chi connectivity index (χ2n) is 4.60. The SMILES string of the molecule is O=C(NNc1ccc(F)nc1)c1cc(-c2ccccc2)ncn1. The number of benzene rings is 1. The van der Waals surface area contributed by atoms with Gasteiger partial charge in [0.25, 0.3) is 5.91 Å². The number of carbonyl (C=O) groups is 1. The fourth-order valence-corrected chi connectivity index (χ4v) is 1.89. The molecule has 23 heavy (non-hydrogen) atoms. The normalized spacial score (nSPS) is 10.1. The van der Waals surface area contributed by atoms with E-state index in [1.54, 1.807) is 6.07 Å². The molecule has 0 atom stereocenters. The summed E-state index contributed by atoms with van der Waals surface area (Å²) in [5, 5.41) is 0. The van der Waals surface area contributed by atoms with E-state index in [2.05, 4.69) is 25.8 Å². The molecule has 1 amide bonds. The van der Waals surface area contributed by atoms with E-state index in [0.717, 1.165) is 5.56 Å². The number of anilines is 1. The van der Waals surface area contributed by atoms with Crippen molar-refractivity contribution in [1.82, 2.24) is 20.4 Å². The maximum Gasteiger partial charge on any atom is 0.288 e. The van der Waals surface area contributed by atoms with Crippen molar-refractivity contribution in [3.63, 3.8) is 0 Å². The van der Waals surface area contributed by atoms with E-state index in [-0.39, 0.29) is 5.69 Å². The predicted molar refractivity (Wildman–Crippen MR) is 82.8 cm³/mol. The molecule has 2 N–H and O–H groups in total. The number of halogens is 1. The molecular weight excluding hydrogens is 297 g/mol. The smallest absolute Gasteiger partial charge is 0.288 e. The first kappa shape index (κ1) is 14.6. The molecule has 0 unspecified atom stereocenters. The highest BCUT2D eigenvalue weighted by atomic mass is 19.1. The summed E-state index contributed by atoms with van der Waals surface area (Å²) in [6.07, 6.45) is 2.60. The van der Waals surface area contributed by atoms with Crippen LogP contribution in [-0.4, -0.2) is 20.9 Å². The molecule has 0 radical (unpaired) electrons. The molecule has 3 rings (SSSR count). The second-order valence-corrected chi connectivity index (χ2v) is 4.60. The lowest BCUT2D eigenvalue weighted by Crippen LogP contribution is -2.30. The Balaban J connectivity index is 1.71. The molecule has 6 nitrogen and oxygen atoms in total. The van der Waals surface area contributed by atoms with Gasteiger partial charge in [0.05, 0.1) is 17.6 Å². The zero-order valence-electron chi connectivity index (χ0n) is 11.9. The third-order valence-corrected chi connectivity index (χ3v) is 3.02. The van der Waals surface area contributed by atoms with Crippen LogP contribution in [0.1, 0.15) is 10.5 Å². The summed E-state index contributed by atoms with van der Waals surface area (Å²) < 4.78 is 12.7. The molecule has 0 aliphatic heterocycles. The molecule has 2 aromatic heterocycles. The molecule has 114 valence electrons. The highest BCUT2D eigenvalue weighted by molar-refractivity contribution is 5.93. The highest BCUT2D eigenvalue weighted by Crippen LogP contribution is 2.16. The molecule has 0 spiro atoms. The van der Waals surface area contributed by atoms with Crippen LogP contribution in [0.2, 0.25) is 0 Å². The third-order valence-electron chi connectivity index (χ3n) is 3.02. The first-order valence-corrected chi connectivity index (χ1v) is 6.78. The number of rotatable bonds is 4. The Morgan fingerprint density at radius 3 is 2.57 bits per heavy atom. The first-order valence-electron chi connectivity index (χ1n) is 6.78. The number of hydrogen-bond donors (Lipinski definition) is 2. The van der Waals surface area contributed by atoms with E-state index in [9.17, 15) is 9.18 Å². The molecule has 0 fully saturated rings. The van der Waals surface area contributed by atoms with Gasteiger partial charge >= 0.3 is 0 Å². The maximum atomic E-state index is 12.7. The van der Waals surface area contributed by atoms with E-state index < -0.39 is 11.9 Å². The standard InChI is InChI=1S/C16H12FN5O/c17-15-7-6-12(9-18-15)21-22-16(23)14-8-13(19-10-20-14)11-4-2-1-3-5-11/h1-10,21H,(H,22,23). The summed E-state index contributed by atoms with van der Waals surface area (Å²) in [7, 11) is 0. The lowest BCUT2D eigenvalue weighted by Gasteiger charge is -2.08. The van der Waals surface area contributed by atoms with Gasteiger partial charge in [-0.3, -0.25) is 15.6 Å². The van der Waals surface area contributed by atoms with Gasteiger partial charge in [0.15, 0.2) is 0 Å². The lowest BCUT2D eigenvalue weighted by atomic mass is 10.1. The maximum absolute atomic E-state index is 12.7. The number of pyridine rings is 1. The van der Waals surface area contributed by atoms with Gasteiger partial charge in [-0.1, -0.05) is 30.3 Å². The largest absolute Gasteiger partial charge is 0.297 e. The molecule has 0 bridgehead atoms. The number of nitrogens with one attached hydrogen (secondary N) is 2. The summed E-state index contributed by atoms with van der Waals surface area (Å²) in [5.41, 5.74) is 7.31. The average Bonchev–Trinajstić information content (AvgIpc) is 2.62. The van der Waals surface area contributed by atoms with Crippen molar-refractivity contribution in [3.8, 4) is 11.3 Å². The van der Waals surface area contributed by atoms with Gasteiger partial charge in [-0.25, -0.2) is 15.0 Å². The summed E-state index contributed by atoms with van der Waals surface area (Å²) in [6, 6.07) is 13.7. The summed E-state index contributed by atoms with van der Waals surface area (Å²) >= 11 is 0. The Bertz CT molecular complexity index is 808. The molecule has 2 heterocycles. The van der Waals surface area contributed by atoms with Crippen LogP contribution in [0.5, 0.6) is 0 Å². The van der Waals surface area contributed by atoms with Crippen molar-refractivity contribution in [3.05, 3.63) is 72.7 Å². The Kier molecular flexibility index (Phi) is 4.19. The zero-order valence-corrected chi connectivity index (χ0v) is 11.9. The molecule has 7 heteroatoms. The van der Waals surface area contributed by atoms with E-state index >= 15 is 0 Å². The van der Waals surface area contributed by atoms with Gasteiger partial charge in [0.1, 0.15) is 12.0 Å². The van der Waals surface area contributed by atoms with Crippen molar-refractivity contribution in [1.29, 1.82) is 0 Å². The van der Waals surface area contributed by atoms with Gasteiger partial charge in [-0.15, -0.1) is 0 Å². The van der Waals surface area contributed by atoms with Crippen molar-refractivity contribution in [2.24, 2.45) is 0 Å². The van der Waals surface area contributed by atoms with Gasteiger partial charge < -0.3 is 0 Å². The number of nitrogens with zero attached hydrogens (tertiary/aromatic N) is 3. The van der Waals surface area contributed by atoms with E-state index in [0.29, 0.717) is 11.4 Å². The Morgan fingerprint density at radius 2 is 1.83 bits per heavy atom. The second kappa shape index (κ2) is 6.61. The number of carbonyl (C=O) groups excluding carboxylic acids is 1. The molecule has 0 saturated carbocycles. The quantitative estimate of drug-likeness (QED) is 0.571. The summed E-state index contributed by atoms with van der Waals surface area (Å²) in [4.78, 5) is 23.7. The van der Waals surface area contributed by atoms with Crippen LogP contribution in [0.15, 0.2) is 61.1 Å². The Labute approximate surface area is 131 Å². The Morgan fingerprint density at radius 1 is 1.00 bits per heavy atom. The van der Waals surface area contributed by atoms with Crippen LogP contribution in [-0.2, 0) is 0 Å². The third kappa shape index (κ3) is 3.65. The molecule has 1 aromatic carbocycles. The van der Waals surface area contributed by atoms with Crippen LogP contribution < -0.4 is 10.9 Å². The van der Waals surface area contributed by atoms with E-state index in [1.807, 2.05) is 30.3 Å². The summed E-state index contributed by atoms with van der Waals surface area (Å²) in [5.74, 6) is -1.03. The molecule has 0 aliphatic rings. The summed E-state index contributed by atoms with van der Waals surface area (Å²) in [6.45, 7) is 0. The van der Waals surface area contributed by atoms with Crippen LogP contribution in [0.3, 0.4) is 0 Å². The van der Waals surface area contributed by atoms with Gasteiger partial charge in [-0.2, -0.15) is 4.39 Å². The van der Waals surface area contributed by atoms with Crippen molar-refractivity contribution in [2.45, 2.75) is 0 Å². The van der Waals surface area contributed by atoms with Crippen LogP contribution in [0, 0.1) is 5.95 Å². The minimum absolute atomic E-state index is 0.210. The minimum atomic E-state index is -0.592. The fraction of sp³-hybridized carbons (Fsp3) is 0. The van der Waals surface area contributed by atoms with Crippen molar-refractivity contribution < 1.29 is 9.18 Å². The number of amides is 1. The highest BCUT2D eigenvalue weighted by Gasteiger charge is 2.09. The molecule has 0 saturated heterocycles. The van der Waals surface area contributed by atoms with Crippen LogP contribution in [0.25, 0.3) is 11.3 Å². The van der Waals surface area contributed by atoms with Gasteiger partial charge in [0, 0.05) is 5.56 Å². The van der Waals surface area contributed by atoms with Crippen LogP contribution >= 0.6 is 0 Å². The fourth-order valence-electron chi connectivity index (χ4n) is 1.89. The molecule has 0 aliphatic carbocycles. The Hall–Kier alpha value is -3.35. The number of hydrogen-bond acceptors (Lipinski definition) is 5. The monoisotopic (exact) mass is 309 g/mol. The van der Waals surface area contributed by atoms with Crippen LogP contribution in [0.4, 0.5) is 10.1 Å².